The summed E-state index contributed by atoms with van der Waals surface area (Å²) >= 11 is 7.87. The van der Waals surface area contributed by atoms with Crippen LogP contribution >= 0.6 is 23.4 Å². The zero-order chi connectivity index (χ0) is 22.2. The summed E-state index contributed by atoms with van der Waals surface area (Å²) in [6.45, 7) is 3.92. The van der Waals surface area contributed by atoms with Crippen LogP contribution in [0.5, 0.6) is 0 Å². The van der Waals surface area contributed by atoms with Gasteiger partial charge in [0.1, 0.15) is 0 Å². The van der Waals surface area contributed by atoms with Crippen LogP contribution in [0.3, 0.4) is 0 Å². The van der Waals surface area contributed by atoms with Crippen LogP contribution in [0.25, 0.3) is 23.0 Å². The maximum absolute atomic E-state index is 12.0. The van der Waals surface area contributed by atoms with E-state index in [0.717, 1.165) is 43.1 Å². The number of amides is 2. The van der Waals surface area contributed by atoms with Gasteiger partial charge < -0.3 is 9.80 Å². The van der Waals surface area contributed by atoms with E-state index in [1.54, 1.807) is 22.9 Å². The van der Waals surface area contributed by atoms with Crippen LogP contribution in [0.1, 0.15) is 5.69 Å². The Morgan fingerprint density at radius 1 is 1.12 bits per heavy atom. The van der Waals surface area contributed by atoms with Crippen LogP contribution in [0.15, 0.2) is 41.4 Å². The van der Waals surface area contributed by atoms with Crippen molar-refractivity contribution in [3.8, 4) is 11.3 Å². The van der Waals surface area contributed by atoms with Crippen LogP contribution in [-0.4, -0.2) is 70.3 Å². The summed E-state index contributed by atoms with van der Waals surface area (Å²) in [6, 6.07) is 9.67. The minimum atomic E-state index is -0.398. The molecular weight excluding hydrogens is 448 g/mol. The number of carbonyl (C=O) groups is 2. The average Bonchev–Trinajstić information content (AvgIpc) is 3.20. The van der Waals surface area contributed by atoms with E-state index >= 15 is 0 Å². The number of anilines is 1. The summed E-state index contributed by atoms with van der Waals surface area (Å²) < 4.78 is 1.74. The highest BCUT2D eigenvalue weighted by atomic mass is 35.5. The number of carbonyl (C=O) groups excluding carboxylic acids is 2. The lowest BCUT2D eigenvalue weighted by molar-refractivity contribution is -0.126. The van der Waals surface area contributed by atoms with Gasteiger partial charge in [-0.15, -0.1) is 11.8 Å². The van der Waals surface area contributed by atoms with Gasteiger partial charge in [0.25, 0.3) is 5.91 Å². The van der Waals surface area contributed by atoms with Crippen LogP contribution in [0, 0.1) is 0 Å². The zero-order valence-electron chi connectivity index (χ0n) is 17.4. The summed E-state index contributed by atoms with van der Waals surface area (Å²) in [5.74, 6) is -0.464. The zero-order valence-corrected chi connectivity index (χ0v) is 19.0. The van der Waals surface area contributed by atoms with Crippen molar-refractivity contribution in [3.05, 3.63) is 52.2 Å². The molecule has 2 aliphatic heterocycles. The highest BCUT2D eigenvalue weighted by Gasteiger charge is 2.21. The molecule has 8 nitrogen and oxygen atoms in total. The molecule has 0 bridgehead atoms. The van der Waals surface area contributed by atoms with Gasteiger partial charge in [0.15, 0.2) is 5.65 Å². The van der Waals surface area contributed by atoms with Gasteiger partial charge in [-0.25, -0.2) is 9.50 Å². The Morgan fingerprint density at radius 3 is 2.69 bits per heavy atom. The second-order valence-corrected chi connectivity index (χ2v) is 9.23. The number of rotatable bonds is 3. The summed E-state index contributed by atoms with van der Waals surface area (Å²) in [5, 5.41) is 7.67. The third-order valence-corrected chi connectivity index (χ3v) is 6.91. The summed E-state index contributed by atoms with van der Waals surface area (Å²) in [5.41, 5.74) is 4.04. The maximum atomic E-state index is 12.0. The minimum Gasteiger partial charge on any atom is -0.368 e. The number of piperazine rings is 1. The topological polar surface area (TPSA) is 82.8 Å². The smallest absolute Gasteiger partial charge is 0.264 e. The molecule has 2 amide bonds. The van der Waals surface area contributed by atoms with Gasteiger partial charge in [-0.3, -0.25) is 14.9 Å². The Kier molecular flexibility index (Phi) is 5.62. The van der Waals surface area contributed by atoms with Crippen LogP contribution < -0.4 is 10.2 Å². The SMILES string of the molecule is CN1CCN(c2ccc(-c3cnc4ccc(/C=C5\SCC(=O)NC5=O)nn34)cc2Cl)CC1. The number of halogens is 1. The second kappa shape index (κ2) is 8.57. The molecule has 5 rings (SSSR count). The summed E-state index contributed by atoms with van der Waals surface area (Å²) in [6.07, 6.45) is 3.44. The van der Waals surface area contributed by atoms with Crippen LogP contribution in [0.2, 0.25) is 5.02 Å². The number of likely N-dealkylation sites (N-methyl/N-ethyl adjacent to an activating group) is 1. The lowest BCUT2D eigenvalue weighted by Gasteiger charge is -2.34. The third-order valence-electron chi connectivity index (χ3n) is 5.58. The number of nitrogens with zero attached hydrogens (tertiary/aromatic N) is 5. The monoisotopic (exact) mass is 468 g/mol. The molecule has 1 N–H and O–H groups in total. The lowest BCUT2D eigenvalue weighted by atomic mass is 10.1. The van der Waals surface area contributed by atoms with E-state index in [-0.39, 0.29) is 11.7 Å². The van der Waals surface area contributed by atoms with Crippen molar-refractivity contribution in [2.75, 3.05) is 43.9 Å². The van der Waals surface area contributed by atoms with Crippen molar-refractivity contribution < 1.29 is 9.59 Å². The average molecular weight is 469 g/mol. The van der Waals surface area contributed by atoms with E-state index < -0.39 is 5.91 Å². The second-order valence-electron chi connectivity index (χ2n) is 7.80. The number of fused-ring (bicyclic) bond motifs is 1. The van der Waals surface area contributed by atoms with Crippen molar-refractivity contribution in [1.29, 1.82) is 0 Å². The molecule has 2 aliphatic rings. The molecule has 0 unspecified atom stereocenters. The predicted molar refractivity (Wildman–Crippen MR) is 127 cm³/mol. The highest BCUT2D eigenvalue weighted by molar-refractivity contribution is 8.04. The normalized spacial score (nSPS) is 19.1. The van der Waals surface area contributed by atoms with E-state index in [1.807, 2.05) is 24.3 Å². The van der Waals surface area contributed by atoms with E-state index in [1.165, 1.54) is 11.8 Å². The number of imide groups is 1. The molecule has 3 aromatic rings. The summed E-state index contributed by atoms with van der Waals surface area (Å²) in [7, 11) is 2.13. The third kappa shape index (κ3) is 4.11. The Bertz CT molecular complexity index is 1250. The number of nitrogens with one attached hydrogen (secondary N) is 1. The van der Waals surface area contributed by atoms with Gasteiger partial charge in [0.2, 0.25) is 5.91 Å². The van der Waals surface area contributed by atoms with Crippen molar-refractivity contribution in [2.24, 2.45) is 0 Å². The van der Waals surface area contributed by atoms with Gasteiger partial charge >= 0.3 is 0 Å². The van der Waals surface area contributed by atoms with E-state index in [9.17, 15) is 9.59 Å². The molecular formula is C22H21ClN6O2S. The molecule has 1 aromatic carbocycles. The fourth-order valence-electron chi connectivity index (χ4n) is 3.81. The van der Waals surface area contributed by atoms with Crippen LogP contribution in [0.4, 0.5) is 5.69 Å². The van der Waals surface area contributed by atoms with Gasteiger partial charge in [-0.2, -0.15) is 5.10 Å². The Labute approximate surface area is 194 Å². The van der Waals surface area contributed by atoms with Gasteiger partial charge in [-0.1, -0.05) is 17.7 Å². The molecule has 10 heteroatoms. The van der Waals surface area contributed by atoms with Crippen molar-refractivity contribution in [2.45, 2.75) is 0 Å². The van der Waals surface area contributed by atoms with Crippen molar-refractivity contribution >= 4 is 52.6 Å². The maximum Gasteiger partial charge on any atom is 0.264 e. The standard InChI is InChI=1S/C22H21ClN6O2S/c1-27-6-8-28(9-7-27)17-4-2-14(10-16(17)23)18-12-24-20-5-3-15(26-29(18)20)11-19-22(31)25-21(30)13-32-19/h2-5,10-12H,6-9,13H2,1H3,(H,25,30,31)/b19-11-. The van der Waals surface area contributed by atoms with E-state index in [2.05, 4.69) is 32.2 Å². The molecule has 2 aromatic heterocycles. The number of hydrogen-bond acceptors (Lipinski definition) is 7. The quantitative estimate of drug-likeness (QED) is 0.467. The first-order chi connectivity index (χ1) is 15.5. The Hall–Kier alpha value is -2.88. The number of hydrogen-bond donors (Lipinski definition) is 1. The molecule has 32 heavy (non-hydrogen) atoms. The lowest BCUT2D eigenvalue weighted by Crippen LogP contribution is -2.44. The molecule has 164 valence electrons. The largest absolute Gasteiger partial charge is 0.368 e. The van der Waals surface area contributed by atoms with Gasteiger partial charge in [0, 0.05) is 31.7 Å². The highest BCUT2D eigenvalue weighted by Crippen LogP contribution is 2.32. The Morgan fingerprint density at radius 2 is 1.94 bits per heavy atom. The molecule has 0 spiro atoms. The molecule has 0 atom stereocenters. The predicted octanol–water partition coefficient (Wildman–Crippen LogP) is 2.53. The number of thioether (sulfide) groups is 1. The molecule has 2 saturated heterocycles. The molecule has 0 aliphatic carbocycles. The number of benzene rings is 1. The van der Waals surface area contributed by atoms with Crippen molar-refractivity contribution in [3.63, 3.8) is 0 Å². The van der Waals surface area contributed by atoms with E-state index in [0.29, 0.717) is 21.3 Å². The first-order valence-electron chi connectivity index (χ1n) is 10.2. The first-order valence-corrected chi connectivity index (χ1v) is 11.6. The van der Waals surface area contributed by atoms with Gasteiger partial charge in [0.05, 0.1) is 39.0 Å². The fraction of sp³-hybridized carbons (Fsp3) is 0.273. The number of imidazole rings is 1. The van der Waals surface area contributed by atoms with Crippen molar-refractivity contribution in [1.82, 2.24) is 24.8 Å². The molecule has 4 heterocycles. The van der Waals surface area contributed by atoms with Crippen LogP contribution in [-0.2, 0) is 9.59 Å². The minimum absolute atomic E-state index is 0.217. The molecule has 0 radical (unpaired) electrons. The number of aromatic nitrogens is 3. The molecule has 0 saturated carbocycles. The Balaban J connectivity index is 1.46. The summed E-state index contributed by atoms with van der Waals surface area (Å²) in [4.78, 5) is 32.9. The fourth-order valence-corrected chi connectivity index (χ4v) is 4.85. The van der Waals surface area contributed by atoms with E-state index in [4.69, 9.17) is 11.6 Å². The van der Waals surface area contributed by atoms with Gasteiger partial charge in [-0.05, 0) is 37.4 Å². The molecule has 2 fully saturated rings. The first kappa shape index (κ1) is 21.0.